The molecule has 0 fully saturated rings. The van der Waals surface area contributed by atoms with Crippen LogP contribution in [0.4, 0.5) is 5.69 Å². The fraction of sp³-hybridized carbons (Fsp3) is 0.0769. The number of benzene rings is 1. The number of pyridine rings is 1. The first-order valence-corrected chi connectivity index (χ1v) is 5.38. The number of carboxylic acids is 1. The highest BCUT2D eigenvalue weighted by molar-refractivity contribution is 6.14. The maximum absolute atomic E-state index is 11.7. The van der Waals surface area contributed by atoms with Gasteiger partial charge in [0.05, 0.1) is 16.8 Å². The van der Waals surface area contributed by atoms with Gasteiger partial charge in [0.15, 0.2) is 5.78 Å². The van der Waals surface area contributed by atoms with Gasteiger partial charge >= 0.3 is 5.97 Å². The van der Waals surface area contributed by atoms with Crippen LogP contribution in [0.1, 0.15) is 27.1 Å². The van der Waals surface area contributed by atoms with Gasteiger partial charge in [0.2, 0.25) is 0 Å². The molecule has 1 aromatic heterocycles. The van der Waals surface area contributed by atoms with Crippen molar-refractivity contribution in [3.8, 4) is 0 Å². The summed E-state index contributed by atoms with van der Waals surface area (Å²) in [6, 6.07) is 4.90. The number of rotatable bonds is 1. The Bertz CT molecular complexity index is 719. The van der Waals surface area contributed by atoms with Crippen molar-refractivity contribution in [1.82, 2.24) is 4.98 Å². The summed E-state index contributed by atoms with van der Waals surface area (Å²) in [5, 5.41) is 9.57. The normalized spacial score (nSPS) is 13.7. The zero-order valence-electron chi connectivity index (χ0n) is 9.25. The van der Waals surface area contributed by atoms with E-state index in [9.17, 15) is 9.59 Å². The van der Waals surface area contributed by atoms with Gasteiger partial charge in [0, 0.05) is 29.8 Å². The molecule has 0 spiro atoms. The molecule has 5 nitrogen and oxygen atoms in total. The van der Waals surface area contributed by atoms with Crippen LogP contribution in [-0.2, 0) is 0 Å². The molecule has 1 aliphatic heterocycles. The Morgan fingerprint density at radius 2 is 2.17 bits per heavy atom. The lowest BCUT2D eigenvalue weighted by Crippen LogP contribution is -2.05. The molecule has 0 atom stereocenters. The summed E-state index contributed by atoms with van der Waals surface area (Å²) >= 11 is 0. The number of aliphatic imine (C=N–C) groups is 1. The van der Waals surface area contributed by atoms with Crippen molar-refractivity contribution in [1.29, 1.82) is 0 Å². The van der Waals surface area contributed by atoms with Crippen molar-refractivity contribution in [2.45, 2.75) is 6.42 Å². The third-order valence-electron chi connectivity index (χ3n) is 2.87. The van der Waals surface area contributed by atoms with Gasteiger partial charge in [-0.15, -0.1) is 0 Å². The number of Topliss-reactive ketones (excluding diaryl/α,β-unsaturated/α-hetero) is 1. The van der Waals surface area contributed by atoms with Crippen LogP contribution in [0.2, 0.25) is 0 Å². The molecule has 5 heteroatoms. The fourth-order valence-electron chi connectivity index (χ4n) is 1.99. The molecule has 18 heavy (non-hydrogen) atoms. The summed E-state index contributed by atoms with van der Waals surface area (Å²) in [5.74, 6) is -1.02. The lowest BCUT2D eigenvalue weighted by atomic mass is 10.0. The largest absolute Gasteiger partial charge is 0.478 e. The first kappa shape index (κ1) is 10.6. The second-order valence-electron chi connectivity index (χ2n) is 4.00. The molecule has 0 bridgehead atoms. The Kier molecular flexibility index (Phi) is 2.19. The molecule has 0 radical (unpaired) electrons. The molecular weight excluding hydrogens is 232 g/mol. The zero-order valence-corrected chi connectivity index (χ0v) is 9.25. The Labute approximate surface area is 102 Å². The van der Waals surface area contributed by atoms with Gasteiger partial charge in [-0.3, -0.25) is 14.8 Å². The van der Waals surface area contributed by atoms with Crippen LogP contribution in [0.15, 0.2) is 29.4 Å². The summed E-state index contributed by atoms with van der Waals surface area (Å²) in [5.41, 5.74) is 1.75. The van der Waals surface area contributed by atoms with Crippen molar-refractivity contribution in [2.75, 3.05) is 0 Å². The van der Waals surface area contributed by atoms with Gasteiger partial charge in [-0.2, -0.15) is 0 Å². The van der Waals surface area contributed by atoms with E-state index in [1.165, 1.54) is 12.3 Å². The van der Waals surface area contributed by atoms with E-state index in [0.717, 1.165) is 0 Å². The van der Waals surface area contributed by atoms with Gasteiger partial charge in [-0.25, -0.2) is 4.79 Å². The Morgan fingerprint density at radius 3 is 2.94 bits per heavy atom. The molecule has 0 unspecified atom stereocenters. The van der Waals surface area contributed by atoms with E-state index < -0.39 is 5.97 Å². The van der Waals surface area contributed by atoms with Gasteiger partial charge in [-0.05, 0) is 12.1 Å². The molecule has 0 saturated carbocycles. The molecule has 1 aromatic carbocycles. The first-order valence-electron chi connectivity index (χ1n) is 5.38. The van der Waals surface area contributed by atoms with Crippen molar-refractivity contribution in [3.05, 3.63) is 35.5 Å². The van der Waals surface area contributed by atoms with Gasteiger partial charge in [-0.1, -0.05) is 6.07 Å². The van der Waals surface area contributed by atoms with E-state index in [1.807, 2.05) is 0 Å². The van der Waals surface area contributed by atoms with Crippen LogP contribution < -0.4 is 0 Å². The lowest BCUT2D eigenvalue weighted by Gasteiger charge is -2.10. The van der Waals surface area contributed by atoms with E-state index >= 15 is 0 Å². The number of aromatic carboxylic acids is 1. The summed E-state index contributed by atoms with van der Waals surface area (Å²) in [7, 11) is 0. The van der Waals surface area contributed by atoms with E-state index in [1.54, 1.807) is 18.3 Å². The number of nitrogens with zero attached hydrogens (tertiary/aromatic N) is 2. The quantitative estimate of drug-likeness (QED) is 0.828. The maximum Gasteiger partial charge on any atom is 0.337 e. The van der Waals surface area contributed by atoms with E-state index in [0.29, 0.717) is 28.6 Å². The summed E-state index contributed by atoms with van der Waals surface area (Å²) in [4.78, 5) is 30.8. The molecule has 1 aliphatic rings. The van der Waals surface area contributed by atoms with Crippen LogP contribution in [0.5, 0.6) is 0 Å². The number of hydrogen-bond donors (Lipinski definition) is 1. The number of carbonyl (C=O) groups is 2. The molecule has 3 rings (SSSR count). The van der Waals surface area contributed by atoms with Crippen molar-refractivity contribution < 1.29 is 14.7 Å². The predicted molar refractivity (Wildman–Crippen MR) is 65.8 cm³/mol. The number of fused-ring (bicyclic) bond motifs is 3. The molecule has 0 aliphatic carbocycles. The highest BCUT2D eigenvalue weighted by atomic mass is 16.4. The van der Waals surface area contributed by atoms with E-state index in [-0.39, 0.29) is 11.3 Å². The minimum Gasteiger partial charge on any atom is -0.478 e. The van der Waals surface area contributed by atoms with Crippen LogP contribution in [-0.4, -0.2) is 28.1 Å². The lowest BCUT2D eigenvalue weighted by molar-refractivity contribution is 0.0696. The number of ketones is 1. The van der Waals surface area contributed by atoms with Crippen molar-refractivity contribution in [3.63, 3.8) is 0 Å². The number of hydrogen-bond acceptors (Lipinski definition) is 4. The summed E-state index contributed by atoms with van der Waals surface area (Å²) in [6.07, 6.45) is 3.13. The minimum atomic E-state index is -1.03. The molecular formula is C13H8N2O3. The average Bonchev–Trinajstić information content (AvgIpc) is 2.38. The fourth-order valence-corrected chi connectivity index (χ4v) is 1.99. The zero-order chi connectivity index (χ0) is 12.7. The van der Waals surface area contributed by atoms with Gasteiger partial charge in [0.1, 0.15) is 0 Å². The third kappa shape index (κ3) is 1.48. The Morgan fingerprint density at radius 1 is 1.33 bits per heavy atom. The Balaban J connectivity index is 2.32. The summed E-state index contributed by atoms with van der Waals surface area (Å²) < 4.78 is 0. The molecule has 88 valence electrons. The van der Waals surface area contributed by atoms with E-state index in [2.05, 4.69) is 9.98 Å². The van der Waals surface area contributed by atoms with Crippen molar-refractivity contribution >= 4 is 34.6 Å². The second-order valence-corrected chi connectivity index (χ2v) is 4.00. The van der Waals surface area contributed by atoms with Crippen LogP contribution >= 0.6 is 0 Å². The molecule has 0 saturated heterocycles. The maximum atomic E-state index is 11.7. The van der Waals surface area contributed by atoms with Gasteiger partial charge in [0.25, 0.3) is 0 Å². The minimum absolute atomic E-state index is 0.00557. The average molecular weight is 240 g/mol. The monoisotopic (exact) mass is 240 g/mol. The topological polar surface area (TPSA) is 79.6 Å². The van der Waals surface area contributed by atoms with Crippen molar-refractivity contribution in [2.24, 2.45) is 4.99 Å². The molecule has 2 heterocycles. The number of aromatic nitrogens is 1. The highest BCUT2D eigenvalue weighted by Crippen LogP contribution is 2.31. The Hall–Kier alpha value is -2.56. The third-order valence-corrected chi connectivity index (χ3v) is 2.87. The molecule has 2 aromatic rings. The van der Waals surface area contributed by atoms with Crippen LogP contribution in [0, 0.1) is 0 Å². The molecule has 0 amide bonds. The first-order chi connectivity index (χ1) is 8.66. The van der Waals surface area contributed by atoms with Crippen LogP contribution in [0.3, 0.4) is 0 Å². The molecule has 1 N–H and O–H groups in total. The standard InChI is InChI=1S/C13H8N2O3/c16-10-3-4-14-12-9(10)2-1-7-5-8(13(17)18)6-15-11(7)12/h1-2,4-6H,3H2,(H,17,18). The van der Waals surface area contributed by atoms with E-state index in [4.69, 9.17) is 5.11 Å². The SMILES string of the molecule is O=C(O)c1cnc2c3c(ccc2c1)C(=O)CC=N3. The van der Waals surface area contributed by atoms with Crippen LogP contribution in [0.25, 0.3) is 10.9 Å². The number of carbonyl (C=O) groups excluding carboxylic acids is 1. The van der Waals surface area contributed by atoms with Gasteiger partial charge < -0.3 is 5.11 Å². The summed E-state index contributed by atoms with van der Waals surface area (Å²) in [6.45, 7) is 0. The predicted octanol–water partition coefficient (Wildman–Crippen LogP) is 2.22. The number of carboxylic acid groups (broad SMARTS) is 1. The highest BCUT2D eigenvalue weighted by Gasteiger charge is 2.18. The second kappa shape index (κ2) is 3.73. The smallest absolute Gasteiger partial charge is 0.337 e.